The van der Waals surface area contributed by atoms with Crippen LogP contribution in [0.4, 0.5) is 0 Å². The lowest BCUT2D eigenvalue weighted by Crippen LogP contribution is -2.38. The summed E-state index contributed by atoms with van der Waals surface area (Å²) < 4.78 is 10.4. The summed E-state index contributed by atoms with van der Waals surface area (Å²) >= 11 is 0. The molecule has 0 aliphatic heterocycles. The second-order valence-corrected chi connectivity index (χ2v) is 4.86. The highest BCUT2D eigenvalue weighted by Crippen LogP contribution is 2.37. The Kier molecular flexibility index (Phi) is 4.78. The van der Waals surface area contributed by atoms with Crippen LogP contribution in [0.25, 0.3) is 0 Å². The van der Waals surface area contributed by atoms with Crippen molar-refractivity contribution in [1.29, 1.82) is 0 Å². The quantitative estimate of drug-likeness (QED) is 0.826. The van der Waals surface area contributed by atoms with Gasteiger partial charge in [0.05, 0.1) is 19.6 Å². The monoisotopic (exact) mass is 267 g/mol. The summed E-state index contributed by atoms with van der Waals surface area (Å²) in [5.41, 5.74) is -0.0958. The van der Waals surface area contributed by atoms with Gasteiger partial charge in [0.2, 0.25) is 0 Å². The summed E-state index contributed by atoms with van der Waals surface area (Å²) in [6, 6.07) is 5.08. The number of carboxylic acid groups (broad SMARTS) is 1. The number of benzene rings is 1. The van der Waals surface area contributed by atoms with Gasteiger partial charge in [-0.25, -0.2) is 0 Å². The molecule has 106 valence electrons. The summed E-state index contributed by atoms with van der Waals surface area (Å²) in [4.78, 5) is 11.4. The van der Waals surface area contributed by atoms with Gasteiger partial charge in [-0.3, -0.25) is 4.79 Å². The molecular formula is C14H21NO4. The lowest BCUT2D eigenvalue weighted by atomic mass is 9.80. The second-order valence-electron chi connectivity index (χ2n) is 4.86. The smallest absolute Gasteiger partial charge is 0.311 e. The number of hydrogen-bond acceptors (Lipinski definition) is 4. The summed E-state index contributed by atoms with van der Waals surface area (Å²) in [7, 11) is 4.86. The number of carboxylic acids is 1. The molecular weight excluding hydrogens is 246 g/mol. The third-order valence-corrected chi connectivity index (χ3v) is 3.30. The number of methoxy groups -OCH3 is 2. The van der Waals surface area contributed by atoms with E-state index in [0.717, 1.165) is 5.56 Å². The van der Waals surface area contributed by atoms with Gasteiger partial charge in [0.25, 0.3) is 0 Å². The Hall–Kier alpha value is -1.75. The molecule has 5 nitrogen and oxygen atoms in total. The summed E-state index contributed by atoms with van der Waals surface area (Å²) in [5.74, 6) is 0.345. The fourth-order valence-electron chi connectivity index (χ4n) is 2.10. The molecule has 5 heteroatoms. The zero-order chi connectivity index (χ0) is 14.6. The first-order valence-corrected chi connectivity index (χ1v) is 6.01. The molecule has 1 unspecified atom stereocenters. The molecule has 0 radical (unpaired) electrons. The number of carbonyl (C=O) groups is 1. The van der Waals surface area contributed by atoms with Crippen molar-refractivity contribution in [2.75, 3.05) is 21.3 Å². The van der Waals surface area contributed by atoms with Crippen LogP contribution in [0.15, 0.2) is 18.2 Å². The zero-order valence-electron chi connectivity index (χ0n) is 12.0. The van der Waals surface area contributed by atoms with Gasteiger partial charge in [0.15, 0.2) is 11.5 Å². The minimum atomic E-state index is -0.936. The van der Waals surface area contributed by atoms with E-state index in [2.05, 4.69) is 5.32 Å². The van der Waals surface area contributed by atoms with E-state index in [1.165, 1.54) is 0 Å². The molecule has 0 spiro atoms. The van der Waals surface area contributed by atoms with E-state index < -0.39 is 11.4 Å². The Balaban J connectivity index is 3.23. The van der Waals surface area contributed by atoms with Crippen LogP contribution in [0.5, 0.6) is 11.5 Å². The number of ether oxygens (including phenoxy) is 2. The summed E-state index contributed by atoms with van der Waals surface area (Å²) in [6.07, 6.45) is 0. The molecule has 1 aromatic carbocycles. The van der Waals surface area contributed by atoms with Crippen LogP contribution < -0.4 is 14.8 Å². The summed E-state index contributed by atoms with van der Waals surface area (Å²) in [5, 5.41) is 12.4. The van der Waals surface area contributed by atoms with Crippen molar-refractivity contribution in [3.8, 4) is 11.5 Å². The van der Waals surface area contributed by atoms with E-state index in [1.54, 1.807) is 47.2 Å². The standard InChI is InChI=1S/C14H21NO4/c1-14(2,13(16)17)12(15-3)9-6-7-10(18-4)11(8-9)19-5/h6-8,12,15H,1-5H3,(H,16,17). The SMILES string of the molecule is CNC(c1ccc(OC)c(OC)c1)C(C)(C)C(=O)O. The van der Waals surface area contributed by atoms with Gasteiger partial charge in [0.1, 0.15) is 0 Å². The van der Waals surface area contributed by atoms with Crippen molar-refractivity contribution in [3.63, 3.8) is 0 Å². The van der Waals surface area contributed by atoms with E-state index in [1.807, 2.05) is 6.07 Å². The van der Waals surface area contributed by atoms with E-state index >= 15 is 0 Å². The third kappa shape index (κ3) is 2.98. The number of rotatable bonds is 6. The Morgan fingerprint density at radius 3 is 2.26 bits per heavy atom. The van der Waals surface area contributed by atoms with E-state index in [-0.39, 0.29) is 6.04 Å². The predicted molar refractivity (Wildman–Crippen MR) is 72.8 cm³/mol. The molecule has 0 fully saturated rings. The molecule has 0 amide bonds. The Bertz CT molecular complexity index is 457. The second kappa shape index (κ2) is 5.93. The highest BCUT2D eigenvalue weighted by Gasteiger charge is 2.37. The minimum Gasteiger partial charge on any atom is -0.493 e. The largest absolute Gasteiger partial charge is 0.493 e. The molecule has 19 heavy (non-hydrogen) atoms. The first-order valence-electron chi connectivity index (χ1n) is 6.01. The number of aliphatic carboxylic acids is 1. The van der Waals surface area contributed by atoms with E-state index in [4.69, 9.17) is 9.47 Å². The average Bonchev–Trinajstić information content (AvgIpc) is 2.38. The Morgan fingerprint density at radius 2 is 1.84 bits per heavy atom. The molecule has 1 atom stereocenters. The van der Waals surface area contributed by atoms with Gasteiger partial charge in [0, 0.05) is 6.04 Å². The van der Waals surface area contributed by atoms with Gasteiger partial charge in [-0.1, -0.05) is 6.07 Å². The molecule has 1 aromatic rings. The topological polar surface area (TPSA) is 67.8 Å². The normalized spacial score (nSPS) is 12.9. The molecule has 0 aliphatic carbocycles. The van der Waals surface area contributed by atoms with Gasteiger partial charge < -0.3 is 19.9 Å². The highest BCUT2D eigenvalue weighted by atomic mass is 16.5. The zero-order valence-corrected chi connectivity index (χ0v) is 12.0. The van der Waals surface area contributed by atoms with Crippen molar-refractivity contribution >= 4 is 5.97 Å². The Morgan fingerprint density at radius 1 is 1.26 bits per heavy atom. The molecule has 0 bridgehead atoms. The molecule has 0 aliphatic rings. The maximum Gasteiger partial charge on any atom is 0.311 e. The van der Waals surface area contributed by atoms with Crippen molar-refractivity contribution in [2.24, 2.45) is 5.41 Å². The maximum atomic E-state index is 11.4. The molecule has 2 N–H and O–H groups in total. The number of hydrogen-bond donors (Lipinski definition) is 2. The van der Waals surface area contributed by atoms with Crippen molar-refractivity contribution in [1.82, 2.24) is 5.32 Å². The maximum absolute atomic E-state index is 11.4. The fraction of sp³-hybridized carbons (Fsp3) is 0.500. The Labute approximate surface area is 113 Å². The third-order valence-electron chi connectivity index (χ3n) is 3.30. The van der Waals surface area contributed by atoms with E-state index in [9.17, 15) is 9.90 Å². The first-order chi connectivity index (χ1) is 8.88. The van der Waals surface area contributed by atoms with Crippen LogP contribution in [0, 0.1) is 5.41 Å². The van der Waals surface area contributed by atoms with Crippen molar-refractivity contribution in [2.45, 2.75) is 19.9 Å². The molecule has 0 heterocycles. The average molecular weight is 267 g/mol. The van der Waals surface area contributed by atoms with Crippen LogP contribution in [0.3, 0.4) is 0 Å². The van der Waals surface area contributed by atoms with Gasteiger partial charge >= 0.3 is 5.97 Å². The summed E-state index contributed by atoms with van der Waals surface area (Å²) in [6.45, 7) is 3.38. The van der Waals surface area contributed by atoms with Crippen molar-refractivity contribution in [3.05, 3.63) is 23.8 Å². The van der Waals surface area contributed by atoms with Gasteiger partial charge in [-0.05, 0) is 38.6 Å². The van der Waals surface area contributed by atoms with Crippen LogP contribution in [-0.2, 0) is 4.79 Å². The lowest BCUT2D eigenvalue weighted by Gasteiger charge is -2.30. The number of nitrogens with one attached hydrogen (secondary N) is 1. The fourth-order valence-corrected chi connectivity index (χ4v) is 2.10. The van der Waals surface area contributed by atoms with Crippen LogP contribution in [-0.4, -0.2) is 32.3 Å². The van der Waals surface area contributed by atoms with Crippen LogP contribution in [0.1, 0.15) is 25.5 Å². The molecule has 1 rings (SSSR count). The molecule has 0 saturated carbocycles. The van der Waals surface area contributed by atoms with Gasteiger partial charge in [-0.15, -0.1) is 0 Å². The lowest BCUT2D eigenvalue weighted by molar-refractivity contribution is -0.148. The van der Waals surface area contributed by atoms with Crippen LogP contribution >= 0.6 is 0 Å². The highest BCUT2D eigenvalue weighted by molar-refractivity contribution is 5.75. The van der Waals surface area contributed by atoms with Crippen molar-refractivity contribution < 1.29 is 19.4 Å². The van der Waals surface area contributed by atoms with E-state index in [0.29, 0.717) is 11.5 Å². The molecule has 0 aromatic heterocycles. The predicted octanol–water partition coefficient (Wildman–Crippen LogP) is 2.08. The minimum absolute atomic E-state index is 0.329. The van der Waals surface area contributed by atoms with Gasteiger partial charge in [-0.2, -0.15) is 0 Å². The molecule has 0 saturated heterocycles. The van der Waals surface area contributed by atoms with Crippen LogP contribution in [0.2, 0.25) is 0 Å². The first kappa shape index (κ1) is 15.3.